The maximum atomic E-state index is 5.58. The average molecular weight is 377 g/mol. The molecule has 80 valence electrons. The molecule has 0 saturated heterocycles. The molecule has 0 aliphatic carbocycles. The Bertz CT molecular complexity index is 131. The fourth-order valence-corrected chi connectivity index (χ4v) is 12.8. The Labute approximate surface area is 97.2 Å². The molecule has 1 unspecified atom stereocenters. The van der Waals surface area contributed by atoms with Gasteiger partial charge in [0.2, 0.25) is 0 Å². The van der Waals surface area contributed by atoms with Gasteiger partial charge in [0.05, 0.1) is 0 Å². The number of rotatable bonds is 8. The number of hydrogen-bond acceptors (Lipinski definition) is 3. The quantitative estimate of drug-likeness (QED) is 0.294. The molecule has 0 saturated carbocycles. The monoisotopic (exact) mass is 377 g/mol. The van der Waals surface area contributed by atoms with Crippen molar-refractivity contribution in [2.24, 2.45) is 0 Å². The predicted octanol–water partition coefficient (Wildman–Crippen LogP) is 2.40. The molecule has 0 fully saturated rings. The molecule has 0 aromatic heterocycles. The zero-order valence-electron chi connectivity index (χ0n) is 8.48. The molecule has 0 aliphatic heterocycles. The summed E-state index contributed by atoms with van der Waals surface area (Å²) in [6.45, 7) is 6.00. The zero-order chi connectivity index (χ0) is 10.2. The van der Waals surface area contributed by atoms with Gasteiger partial charge < -0.3 is 0 Å². The molecule has 0 heterocycles. The molecule has 0 spiro atoms. The Morgan fingerprint density at radius 2 is 2.15 bits per heavy atom. The average Bonchev–Trinajstić information content (AvgIpc) is 2.13. The van der Waals surface area contributed by atoms with E-state index in [0.717, 1.165) is 16.9 Å². The third-order valence-electron chi connectivity index (χ3n) is 2.01. The summed E-state index contributed by atoms with van der Waals surface area (Å²) in [5.74, 6) is 0.986. The van der Waals surface area contributed by atoms with Crippen LogP contribution in [-0.4, -0.2) is 39.8 Å². The first kappa shape index (κ1) is 14.5. The van der Waals surface area contributed by atoms with Crippen molar-refractivity contribution in [3.8, 4) is 0 Å². The Morgan fingerprint density at radius 3 is 2.62 bits per heavy atom. The normalized spacial score (nSPS) is 15.7. The molecular weight excluding hydrogens is 357 g/mol. The fourth-order valence-electron chi connectivity index (χ4n) is 0.960. The van der Waals surface area contributed by atoms with Crippen LogP contribution in [0.2, 0.25) is 8.87 Å². The van der Waals surface area contributed by atoms with E-state index in [9.17, 15) is 0 Å². The Balaban J connectivity index is 3.57. The van der Waals surface area contributed by atoms with E-state index >= 15 is 0 Å². The van der Waals surface area contributed by atoms with Crippen LogP contribution >= 0.6 is 25.3 Å². The molecule has 1 atom stereocenters. The van der Waals surface area contributed by atoms with Gasteiger partial charge in [0, 0.05) is 0 Å². The van der Waals surface area contributed by atoms with Crippen molar-refractivity contribution in [3.63, 3.8) is 0 Å². The van der Waals surface area contributed by atoms with E-state index in [-0.39, 0.29) is 0 Å². The summed E-state index contributed by atoms with van der Waals surface area (Å²) >= 11 is 6.16. The molecule has 5 heteroatoms. The van der Waals surface area contributed by atoms with Crippen LogP contribution in [0.1, 0.15) is 13.8 Å². The second-order valence-electron chi connectivity index (χ2n) is 3.07. The molecule has 1 N–H and O–H groups in total. The van der Waals surface area contributed by atoms with Gasteiger partial charge in [-0.3, -0.25) is 0 Å². The van der Waals surface area contributed by atoms with E-state index in [2.05, 4.69) is 44.5 Å². The van der Waals surface area contributed by atoms with Crippen LogP contribution in [0, 0.1) is 0 Å². The van der Waals surface area contributed by atoms with E-state index in [1.165, 1.54) is 8.87 Å². The van der Waals surface area contributed by atoms with Gasteiger partial charge in [-0.05, 0) is 0 Å². The van der Waals surface area contributed by atoms with Crippen LogP contribution in [0.4, 0.5) is 0 Å². The van der Waals surface area contributed by atoms with Crippen LogP contribution < -0.4 is 5.32 Å². The first-order valence-corrected chi connectivity index (χ1v) is 17.8. The molecule has 13 heavy (non-hydrogen) atoms. The molecular formula is C8H20BrNOSSn. The van der Waals surface area contributed by atoms with Gasteiger partial charge in [-0.2, -0.15) is 0 Å². The van der Waals surface area contributed by atoms with Crippen molar-refractivity contribution in [2.75, 3.05) is 23.7 Å². The number of halogens is 1. The molecule has 2 nitrogen and oxygen atoms in total. The Morgan fingerprint density at radius 1 is 1.46 bits per heavy atom. The zero-order valence-corrected chi connectivity index (χ0v) is 13.8. The van der Waals surface area contributed by atoms with Crippen molar-refractivity contribution < 1.29 is 4.74 Å². The van der Waals surface area contributed by atoms with Crippen LogP contribution in [0.5, 0.6) is 0 Å². The molecule has 0 amide bonds. The van der Waals surface area contributed by atoms with Gasteiger partial charge in [-0.25, -0.2) is 0 Å². The minimum atomic E-state index is -2.02. The first-order chi connectivity index (χ1) is 6.18. The van der Waals surface area contributed by atoms with Crippen molar-refractivity contribution in [1.82, 2.24) is 5.32 Å². The summed E-state index contributed by atoms with van der Waals surface area (Å²) in [6.07, 6.45) is 0. The van der Waals surface area contributed by atoms with Gasteiger partial charge in [-0.1, -0.05) is 0 Å². The maximum absolute atomic E-state index is 5.58. The number of thiol groups is 1. The van der Waals surface area contributed by atoms with E-state index in [1.54, 1.807) is 0 Å². The van der Waals surface area contributed by atoms with E-state index < -0.39 is 16.2 Å². The van der Waals surface area contributed by atoms with Crippen molar-refractivity contribution >= 4 is 41.5 Å². The molecule has 0 radical (unpaired) electrons. The van der Waals surface area contributed by atoms with Crippen molar-refractivity contribution in [1.29, 1.82) is 0 Å². The van der Waals surface area contributed by atoms with Gasteiger partial charge in [0.1, 0.15) is 0 Å². The van der Waals surface area contributed by atoms with E-state index in [0.29, 0.717) is 6.73 Å². The third kappa shape index (κ3) is 7.47. The molecule has 0 rings (SSSR count). The Kier molecular flexibility index (Phi) is 9.88. The molecule has 0 bridgehead atoms. The number of hydrogen-bond donors (Lipinski definition) is 2. The third-order valence-corrected chi connectivity index (χ3v) is 20.3. The van der Waals surface area contributed by atoms with Gasteiger partial charge in [-0.15, -0.1) is 0 Å². The van der Waals surface area contributed by atoms with E-state index in [1.807, 2.05) is 0 Å². The van der Waals surface area contributed by atoms with Crippen molar-refractivity contribution in [2.45, 2.75) is 22.7 Å². The second-order valence-corrected chi connectivity index (χ2v) is 25.6. The molecule has 0 aromatic carbocycles. The standard InChI is InChI=1S/C4H10NO.C2H5S.C2H5.BrH.Sn/c1-3-5-4-6-2;1-2-3;1-2;;/h5H,2-4H2,1H3;3H,1-2H2;1H2,2H3;1H;/q;;;;+1/p-1. The summed E-state index contributed by atoms with van der Waals surface area (Å²) in [7, 11) is 0. The molecule has 0 aromatic rings. The SMILES string of the molecule is CCNCO[CH2][Sn]([Br])([CH2]C)[CH2]CS. The summed E-state index contributed by atoms with van der Waals surface area (Å²) in [6, 6.07) is 0. The summed E-state index contributed by atoms with van der Waals surface area (Å²) in [4.78, 5) is 0. The summed E-state index contributed by atoms with van der Waals surface area (Å²) in [5.41, 5.74) is 0. The first-order valence-electron chi connectivity index (χ1n) is 4.76. The van der Waals surface area contributed by atoms with Crippen LogP contribution in [0.3, 0.4) is 0 Å². The van der Waals surface area contributed by atoms with Crippen LogP contribution in [0.15, 0.2) is 0 Å². The van der Waals surface area contributed by atoms with Gasteiger partial charge in [0.25, 0.3) is 0 Å². The fraction of sp³-hybridized carbons (Fsp3) is 1.00. The topological polar surface area (TPSA) is 21.3 Å². The van der Waals surface area contributed by atoms with Gasteiger partial charge >= 0.3 is 97.9 Å². The number of ether oxygens (including phenoxy) is 1. The second kappa shape index (κ2) is 8.82. The molecule has 0 aliphatic rings. The van der Waals surface area contributed by atoms with Crippen LogP contribution in [0.25, 0.3) is 0 Å². The van der Waals surface area contributed by atoms with Gasteiger partial charge in [0.15, 0.2) is 0 Å². The predicted molar refractivity (Wildman–Crippen MR) is 68.3 cm³/mol. The summed E-state index contributed by atoms with van der Waals surface area (Å²) in [5, 5.41) is 3.16. The van der Waals surface area contributed by atoms with Crippen molar-refractivity contribution in [3.05, 3.63) is 0 Å². The Hall–Kier alpha value is 1.55. The van der Waals surface area contributed by atoms with E-state index in [4.69, 9.17) is 4.74 Å². The van der Waals surface area contributed by atoms with Crippen LogP contribution in [-0.2, 0) is 4.74 Å². The minimum absolute atomic E-state index is 0.688. The summed E-state index contributed by atoms with van der Waals surface area (Å²) < 4.78 is 9.07. The number of nitrogens with one attached hydrogen (secondary N) is 1.